The second-order valence-corrected chi connectivity index (χ2v) is 12.4. The van der Waals surface area contributed by atoms with E-state index in [1.807, 2.05) is 6.92 Å². The molecule has 232 valence electrons. The maximum Gasteiger partial charge on any atom is 0.321 e. The molecule has 0 radical (unpaired) electrons. The zero-order valence-corrected chi connectivity index (χ0v) is 25.4. The quantitative estimate of drug-likeness (QED) is 0.347. The van der Waals surface area contributed by atoms with E-state index in [1.54, 1.807) is 24.9 Å². The van der Waals surface area contributed by atoms with Crippen molar-refractivity contribution >= 4 is 33.3 Å². The van der Waals surface area contributed by atoms with Crippen LogP contribution in [0.5, 0.6) is 5.75 Å². The van der Waals surface area contributed by atoms with Crippen molar-refractivity contribution in [2.75, 3.05) is 36.8 Å². The third-order valence-corrected chi connectivity index (χ3v) is 8.93. The Balaban J connectivity index is 1.62. The number of aliphatic hydroxyl groups excluding tert-OH is 1. The van der Waals surface area contributed by atoms with Gasteiger partial charge in [0.05, 0.1) is 25.6 Å². The number of hydrogen-bond acceptors (Lipinski definition) is 8. The van der Waals surface area contributed by atoms with Crippen LogP contribution in [0, 0.1) is 25.6 Å². The molecule has 12 nitrogen and oxygen atoms in total. The Bertz CT molecular complexity index is 1560. The van der Waals surface area contributed by atoms with Crippen LogP contribution < -0.4 is 14.8 Å². The van der Waals surface area contributed by atoms with Crippen molar-refractivity contribution in [1.29, 1.82) is 0 Å². The number of carbonyl (C=O) groups is 2. The fraction of sp³-hybridized carbons (Fsp3) is 0.414. The largest absolute Gasteiger partial charge is 0.488 e. The van der Waals surface area contributed by atoms with E-state index in [2.05, 4.69) is 15.2 Å². The molecule has 0 aliphatic carbocycles. The van der Waals surface area contributed by atoms with E-state index in [9.17, 15) is 27.5 Å². The van der Waals surface area contributed by atoms with Gasteiger partial charge in [-0.1, -0.05) is 12.1 Å². The van der Waals surface area contributed by atoms with Crippen LogP contribution in [0.15, 0.2) is 51.9 Å². The van der Waals surface area contributed by atoms with Gasteiger partial charge in [-0.3, -0.25) is 9.52 Å². The third-order valence-electron chi connectivity index (χ3n) is 7.30. The summed E-state index contributed by atoms with van der Waals surface area (Å²) in [6.07, 6.45) is -0.701. The molecular formula is C29H36FN5O7S. The minimum atomic E-state index is -4.04. The molecule has 1 aliphatic heterocycles. The van der Waals surface area contributed by atoms with Crippen molar-refractivity contribution in [2.45, 2.75) is 51.2 Å². The van der Waals surface area contributed by atoms with Crippen molar-refractivity contribution in [3.63, 3.8) is 0 Å². The Labute approximate surface area is 249 Å². The van der Waals surface area contributed by atoms with Crippen molar-refractivity contribution in [3.05, 3.63) is 65.3 Å². The Hall–Kier alpha value is -4.17. The van der Waals surface area contributed by atoms with E-state index in [0.29, 0.717) is 17.0 Å². The number of ether oxygens (including phenoxy) is 1. The lowest BCUT2D eigenvalue weighted by molar-refractivity contribution is -0.134. The Morgan fingerprint density at radius 2 is 1.88 bits per heavy atom. The number of amides is 3. The summed E-state index contributed by atoms with van der Waals surface area (Å²) < 4.78 is 53.5. The topological polar surface area (TPSA) is 154 Å². The highest BCUT2D eigenvalue weighted by atomic mass is 32.2. The number of benzene rings is 2. The predicted octanol–water partition coefficient (Wildman–Crippen LogP) is 3.54. The molecule has 3 N–H and O–H groups in total. The highest BCUT2D eigenvalue weighted by Crippen LogP contribution is 2.31. The number of nitrogens with zero attached hydrogens (tertiary/aromatic N) is 3. The average molecular weight is 618 g/mol. The number of sulfonamides is 1. The van der Waals surface area contributed by atoms with E-state index >= 15 is 0 Å². The van der Waals surface area contributed by atoms with Crippen LogP contribution in [0.2, 0.25) is 0 Å². The average Bonchev–Trinajstić information content (AvgIpc) is 3.32. The number of halogens is 1. The van der Waals surface area contributed by atoms with Crippen LogP contribution >= 0.6 is 0 Å². The zero-order valence-electron chi connectivity index (χ0n) is 24.6. The van der Waals surface area contributed by atoms with Crippen LogP contribution in [-0.4, -0.2) is 79.3 Å². The number of urea groups is 1. The minimum Gasteiger partial charge on any atom is -0.488 e. The summed E-state index contributed by atoms with van der Waals surface area (Å²) >= 11 is 0. The van der Waals surface area contributed by atoms with Gasteiger partial charge in [-0.05, 0) is 63.2 Å². The molecule has 0 spiro atoms. The highest BCUT2D eigenvalue weighted by Gasteiger charge is 2.32. The summed E-state index contributed by atoms with van der Waals surface area (Å²) in [5, 5.41) is 16.3. The Morgan fingerprint density at radius 3 is 2.51 bits per heavy atom. The van der Waals surface area contributed by atoms with Gasteiger partial charge in [0.15, 0.2) is 10.7 Å². The van der Waals surface area contributed by atoms with Gasteiger partial charge in [0.1, 0.15) is 23.4 Å². The number of aliphatic hydroxyl groups is 1. The number of likely N-dealkylation sites (N-methyl/N-ethyl adjacent to an activating group) is 1. The molecule has 0 bridgehead atoms. The number of nitrogens with one attached hydrogen (secondary N) is 2. The van der Waals surface area contributed by atoms with E-state index in [1.165, 1.54) is 55.1 Å². The van der Waals surface area contributed by atoms with Gasteiger partial charge in [0.2, 0.25) is 5.91 Å². The van der Waals surface area contributed by atoms with Gasteiger partial charge in [-0.2, -0.15) is 0 Å². The molecular weight excluding hydrogens is 581 g/mol. The van der Waals surface area contributed by atoms with Crippen LogP contribution in [0.3, 0.4) is 0 Å². The second-order valence-electron chi connectivity index (χ2n) is 10.8. The lowest BCUT2D eigenvalue weighted by Gasteiger charge is -2.34. The number of anilines is 2. The van der Waals surface area contributed by atoms with Gasteiger partial charge in [0, 0.05) is 36.4 Å². The first-order valence-electron chi connectivity index (χ1n) is 13.7. The number of fused-ring (bicyclic) bond motifs is 1. The number of aryl methyl sites for hydroxylation is 2. The molecule has 0 unspecified atom stereocenters. The highest BCUT2D eigenvalue weighted by molar-refractivity contribution is 7.92. The molecule has 2 heterocycles. The molecule has 0 saturated carbocycles. The summed E-state index contributed by atoms with van der Waals surface area (Å²) in [7, 11) is -2.45. The van der Waals surface area contributed by atoms with E-state index < -0.39 is 34.0 Å². The van der Waals surface area contributed by atoms with Crippen molar-refractivity contribution in [2.24, 2.45) is 5.92 Å². The number of hydrogen-bond donors (Lipinski definition) is 3. The van der Waals surface area contributed by atoms with E-state index in [-0.39, 0.29) is 60.0 Å². The molecule has 4 rings (SSSR count). The maximum atomic E-state index is 13.5. The molecule has 2 aromatic carbocycles. The minimum absolute atomic E-state index is 0.0674. The number of aromatic nitrogens is 1. The third kappa shape index (κ3) is 7.43. The van der Waals surface area contributed by atoms with Gasteiger partial charge < -0.3 is 29.5 Å². The first-order chi connectivity index (χ1) is 20.3. The van der Waals surface area contributed by atoms with Gasteiger partial charge in [-0.15, -0.1) is 0 Å². The predicted molar refractivity (Wildman–Crippen MR) is 157 cm³/mol. The van der Waals surface area contributed by atoms with Crippen molar-refractivity contribution in [3.8, 4) is 5.75 Å². The molecule has 0 saturated heterocycles. The Morgan fingerprint density at radius 1 is 1.21 bits per heavy atom. The van der Waals surface area contributed by atoms with Gasteiger partial charge >= 0.3 is 6.03 Å². The van der Waals surface area contributed by atoms with E-state index in [4.69, 9.17) is 9.26 Å². The normalized spacial score (nSPS) is 18.0. The summed E-state index contributed by atoms with van der Waals surface area (Å²) in [5.41, 5.74) is 1.27. The molecule has 1 aromatic heterocycles. The number of rotatable bonds is 8. The molecule has 43 heavy (non-hydrogen) atoms. The lowest BCUT2D eigenvalue weighted by Crippen LogP contribution is -2.48. The van der Waals surface area contributed by atoms with Crippen LogP contribution in [-0.2, 0) is 21.2 Å². The standard InChI is InChI=1S/C29H36FN5O7S/c1-17-14-35(18(2)16-36)27(37)13-21-12-24(33-43(39,40)28-19(3)32-42-20(28)4)10-11-25(21)41-26(17)15-34(5)29(38)31-23-8-6-22(30)7-9-23/h6-12,17-18,26,33,36H,13-16H2,1-5H3,(H,31,38)/t17-,18-,26+/m1/s1. The molecule has 0 fully saturated rings. The molecule has 3 amide bonds. The molecule has 1 aliphatic rings. The summed E-state index contributed by atoms with van der Waals surface area (Å²) in [5.74, 6) is -0.468. The SMILES string of the molecule is Cc1noc(C)c1S(=O)(=O)Nc1ccc2c(c1)CC(=O)N([C@H](C)CO)C[C@@H](C)[C@H](CN(C)C(=O)Nc1ccc(F)cc1)O2. The van der Waals surface area contributed by atoms with Crippen molar-refractivity contribution in [1.82, 2.24) is 15.0 Å². The van der Waals surface area contributed by atoms with Gasteiger partial charge in [0.25, 0.3) is 10.0 Å². The first kappa shape index (κ1) is 31.8. The van der Waals surface area contributed by atoms with E-state index in [0.717, 1.165) is 0 Å². The molecule has 3 atom stereocenters. The summed E-state index contributed by atoms with van der Waals surface area (Å²) in [6, 6.07) is 9.10. The second kappa shape index (κ2) is 13.0. The van der Waals surface area contributed by atoms with Crippen LogP contribution in [0.25, 0.3) is 0 Å². The van der Waals surface area contributed by atoms with Crippen LogP contribution in [0.1, 0.15) is 30.9 Å². The smallest absolute Gasteiger partial charge is 0.321 e. The molecule has 14 heteroatoms. The summed E-state index contributed by atoms with van der Waals surface area (Å²) in [6.45, 7) is 6.76. The van der Waals surface area contributed by atoms with Crippen LogP contribution in [0.4, 0.5) is 20.6 Å². The monoisotopic (exact) mass is 617 g/mol. The number of carbonyl (C=O) groups excluding carboxylic acids is 2. The fourth-order valence-corrected chi connectivity index (χ4v) is 6.26. The maximum absolute atomic E-state index is 13.5. The lowest BCUT2D eigenvalue weighted by atomic mass is 10.0. The fourth-order valence-electron chi connectivity index (χ4n) is 4.88. The zero-order chi connectivity index (χ0) is 31.5. The Kier molecular flexibility index (Phi) is 9.60. The van der Waals surface area contributed by atoms with Crippen molar-refractivity contribution < 1.29 is 36.8 Å². The van der Waals surface area contributed by atoms with Gasteiger partial charge in [-0.25, -0.2) is 17.6 Å². The first-order valence-corrected chi connectivity index (χ1v) is 15.2. The molecule has 3 aromatic rings. The summed E-state index contributed by atoms with van der Waals surface area (Å²) in [4.78, 5) is 29.3.